The van der Waals surface area contributed by atoms with Crippen molar-refractivity contribution in [3.8, 4) is 0 Å². The van der Waals surface area contributed by atoms with E-state index in [-0.39, 0.29) is 16.9 Å². The van der Waals surface area contributed by atoms with Crippen LogP contribution >= 0.6 is 0 Å². The molecule has 2 N–H and O–H groups in total. The second kappa shape index (κ2) is 4.66. The van der Waals surface area contributed by atoms with E-state index in [0.29, 0.717) is 11.1 Å². The molecule has 0 amide bonds. The lowest BCUT2D eigenvalue weighted by molar-refractivity contribution is -0.384. The molecule has 0 spiro atoms. The molecule has 1 aliphatic rings. The molecular formula is C13H12N6O4. The van der Waals surface area contributed by atoms with Gasteiger partial charge in [-0.15, -0.1) is 0 Å². The van der Waals surface area contributed by atoms with Crippen LogP contribution in [0.3, 0.4) is 0 Å². The van der Waals surface area contributed by atoms with Crippen molar-refractivity contribution in [2.45, 2.75) is 12.8 Å². The second-order valence-corrected chi connectivity index (χ2v) is 5.46. The van der Waals surface area contributed by atoms with Crippen LogP contribution in [-0.2, 0) is 0 Å². The van der Waals surface area contributed by atoms with E-state index in [1.54, 1.807) is 6.07 Å². The highest BCUT2D eigenvalue weighted by atomic mass is 16.6. The minimum Gasteiger partial charge on any atom is -0.366 e. The molecule has 0 bridgehead atoms. The van der Waals surface area contributed by atoms with Crippen molar-refractivity contribution in [1.82, 2.24) is 19.6 Å². The van der Waals surface area contributed by atoms with E-state index in [0.717, 1.165) is 30.3 Å². The van der Waals surface area contributed by atoms with E-state index in [1.807, 2.05) is 4.90 Å². The normalized spacial score (nSPS) is 14.9. The molecular weight excluding hydrogens is 304 g/mol. The SMILES string of the molecule is O=c1[nH]nc2c3cc(N4CCCC4)c([N+](=O)[O-])cc3[nH]c(=O)n12. The van der Waals surface area contributed by atoms with Crippen LogP contribution in [0.2, 0.25) is 0 Å². The first kappa shape index (κ1) is 13.5. The predicted octanol–water partition coefficient (Wildman–Crippen LogP) is 0.372. The highest BCUT2D eigenvalue weighted by Crippen LogP contribution is 2.34. The number of nitrogens with one attached hydrogen (secondary N) is 2. The Morgan fingerprint density at radius 3 is 2.61 bits per heavy atom. The number of nitrogens with zero attached hydrogens (tertiary/aromatic N) is 4. The zero-order chi connectivity index (χ0) is 16.1. The molecule has 1 aliphatic heterocycles. The number of aromatic nitrogens is 4. The maximum Gasteiger partial charge on any atom is 0.351 e. The minimum atomic E-state index is -0.686. The Bertz CT molecular complexity index is 1060. The number of rotatable bonds is 2. The van der Waals surface area contributed by atoms with Gasteiger partial charge in [-0.3, -0.25) is 10.1 Å². The van der Waals surface area contributed by atoms with E-state index in [2.05, 4.69) is 15.2 Å². The lowest BCUT2D eigenvalue weighted by Gasteiger charge is -2.18. The van der Waals surface area contributed by atoms with Crippen LogP contribution in [0.1, 0.15) is 12.8 Å². The van der Waals surface area contributed by atoms with Gasteiger partial charge in [-0.05, 0) is 18.9 Å². The lowest BCUT2D eigenvalue weighted by Crippen LogP contribution is -2.26. The summed E-state index contributed by atoms with van der Waals surface area (Å²) in [6.07, 6.45) is 1.94. The summed E-state index contributed by atoms with van der Waals surface area (Å²) in [6.45, 7) is 1.47. The highest BCUT2D eigenvalue weighted by molar-refractivity contribution is 5.96. The average Bonchev–Trinajstić information content (AvgIpc) is 3.16. The Morgan fingerprint density at radius 1 is 1.17 bits per heavy atom. The quantitative estimate of drug-likeness (QED) is 0.519. The molecule has 2 aromatic heterocycles. The molecule has 0 saturated carbocycles. The van der Waals surface area contributed by atoms with Gasteiger partial charge in [0.2, 0.25) is 0 Å². The molecule has 1 saturated heterocycles. The van der Waals surface area contributed by atoms with E-state index < -0.39 is 16.3 Å². The molecule has 23 heavy (non-hydrogen) atoms. The van der Waals surface area contributed by atoms with Crippen LogP contribution in [0.4, 0.5) is 11.4 Å². The Hall–Kier alpha value is -3.17. The number of nitro groups is 1. The molecule has 10 nitrogen and oxygen atoms in total. The largest absolute Gasteiger partial charge is 0.366 e. The molecule has 4 rings (SSSR count). The van der Waals surface area contributed by atoms with Gasteiger partial charge in [-0.1, -0.05) is 0 Å². The number of benzene rings is 1. The van der Waals surface area contributed by atoms with Gasteiger partial charge in [0, 0.05) is 24.5 Å². The van der Waals surface area contributed by atoms with Crippen LogP contribution < -0.4 is 16.3 Å². The van der Waals surface area contributed by atoms with Gasteiger partial charge in [-0.2, -0.15) is 9.50 Å². The Morgan fingerprint density at radius 2 is 1.91 bits per heavy atom. The fourth-order valence-electron chi connectivity index (χ4n) is 3.06. The van der Waals surface area contributed by atoms with Crippen LogP contribution in [0.15, 0.2) is 21.7 Å². The van der Waals surface area contributed by atoms with Crippen LogP contribution in [0.5, 0.6) is 0 Å². The minimum absolute atomic E-state index is 0.0720. The van der Waals surface area contributed by atoms with Gasteiger partial charge < -0.3 is 9.88 Å². The van der Waals surface area contributed by atoms with Gasteiger partial charge in [0.1, 0.15) is 5.69 Å². The average molecular weight is 316 g/mol. The van der Waals surface area contributed by atoms with Crippen LogP contribution in [0, 0.1) is 10.1 Å². The molecule has 0 atom stereocenters. The summed E-state index contributed by atoms with van der Waals surface area (Å²) < 4.78 is 0.877. The summed E-state index contributed by atoms with van der Waals surface area (Å²) in [7, 11) is 0. The fourth-order valence-corrected chi connectivity index (χ4v) is 3.06. The van der Waals surface area contributed by atoms with Crippen molar-refractivity contribution in [2.75, 3.05) is 18.0 Å². The molecule has 0 unspecified atom stereocenters. The monoisotopic (exact) mass is 316 g/mol. The number of hydrogen-bond acceptors (Lipinski definition) is 6. The standard InChI is InChI=1S/C13H12N6O4/c20-12-14-8-6-10(19(22)23)9(17-3-1-2-4-17)5-7(8)11-15-16-13(21)18(11)12/h5-6H,1-4H2,(H,14,20)(H,16,21). The van der Waals surface area contributed by atoms with E-state index in [4.69, 9.17) is 0 Å². The Balaban J connectivity index is 2.12. The molecule has 10 heteroatoms. The van der Waals surface area contributed by atoms with Gasteiger partial charge in [0.15, 0.2) is 5.65 Å². The summed E-state index contributed by atoms with van der Waals surface area (Å²) >= 11 is 0. The maximum absolute atomic E-state index is 12.0. The zero-order valence-electron chi connectivity index (χ0n) is 11.9. The number of hydrogen-bond donors (Lipinski definition) is 2. The van der Waals surface area contributed by atoms with Gasteiger partial charge in [-0.25, -0.2) is 14.7 Å². The van der Waals surface area contributed by atoms with Gasteiger partial charge in [0.25, 0.3) is 5.69 Å². The molecule has 118 valence electrons. The van der Waals surface area contributed by atoms with E-state index in [1.165, 1.54) is 6.07 Å². The molecule has 3 aromatic rings. The second-order valence-electron chi connectivity index (χ2n) is 5.46. The first-order chi connectivity index (χ1) is 11.1. The van der Waals surface area contributed by atoms with Crippen molar-refractivity contribution in [2.24, 2.45) is 0 Å². The van der Waals surface area contributed by atoms with E-state index in [9.17, 15) is 19.7 Å². The van der Waals surface area contributed by atoms with Crippen molar-refractivity contribution in [1.29, 1.82) is 0 Å². The third-order valence-electron chi connectivity index (χ3n) is 4.12. The van der Waals surface area contributed by atoms with E-state index >= 15 is 0 Å². The van der Waals surface area contributed by atoms with Crippen LogP contribution in [-0.4, -0.2) is 37.6 Å². The number of nitro benzene ring substituents is 1. The van der Waals surface area contributed by atoms with Crippen molar-refractivity contribution < 1.29 is 4.92 Å². The predicted molar refractivity (Wildman–Crippen MR) is 82.0 cm³/mol. The number of fused-ring (bicyclic) bond motifs is 3. The first-order valence-corrected chi connectivity index (χ1v) is 7.13. The molecule has 1 aromatic carbocycles. The smallest absolute Gasteiger partial charge is 0.351 e. The Labute approximate surface area is 127 Å². The molecule has 0 aliphatic carbocycles. The third-order valence-corrected chi connectivity index (χ3v) is 4.12. The van der Waals surface area contributed by atoms with Crippen molar-refractivity contribution in [3.05, 3.63) is 43.2 Å². The maximum atomic E-state index is 12.0. The van der Waals surface area contributed by atoms with Gasteiger partial charge >= 0.3 is 11.4 Å². The molecule has 0 radical (unpaired) electrons. The van der Waals surface area contributed by atoms with Crippen molar-refractivity contribution >= 4 is 27.9 Å². The highest BCUT2D eigenvalue weighted by Gasteiger charge is 2.24. The van der Waals surface area contributed by atoms with Crippen molar-refractivity contribution in [3.63, 3.8) is 0 Å². The lowest BCUT2D eigenvalue weighted by atomic mass is 10.1. The molecule has 3 heterocycles. The summed E-state index contributed by atoms with van der Waals surface area (Å²) in [6, 6.07) is 2.94. The topological polar surface area (TPSA) is 129 Å². The fraction of sp³-hybridized carbons (Fsp3) is 0.308. The zero-order valence-corrected chi connectivity index (χ0v) is 11.9. The Kier molecular flexibility index (Phi) is 2.73. The summed E-state index contributed by atoms with van der Waals surface area (Å²) in [5, 5.41) is 18.0. The number of anilines is 1. The molecule has 1 fully saturated rings. The number of H-pyrrole nitrogens is 2. The first-order valence-electron chi connectivity index (χ1n) is 7.13. The summed E-state index contributed by atoms with van der Waals surface area (Å²) in [5.74, 6) is 0. The van der Waals surface area contributed by atoms with Gasteiger partial charge in [0.05, 0.1) is 10.4 Å². The third kappa shape index (κ3) is 1.91. The summed E-state index contributed by atoms with van der Waals surface area (Å²) in [5.41, 5.74) is -0.499. The summed E-state index contributed by atoms with van der Waals surface area (Å²) in [4.78, 5) is 39.0. The van der Waals surface area contributed by atoms with Crippen LogP contribution in [0.25, 0.3) is 16.6 Å². The number of aromatic amines is 2.